The predicted molar refractivity (Wildman–Crippen MR) is 96.6 cm³/mol. The molecule has 1 aromatic rings. The van der Waals surface area contributed by atoms with E-state index in [0.717, 1.165) is 32.2 Å². The second-order valence-electron chi connectivity index (χ2n) is 7.94. The fraction of sp³-hybridized carbons (Fsp3) is 0.619. The van der Waals surface area contributed by atoms with Crippen LogP contribution < -0.4 is 0 Å². The van der Waals surface area contributed by atoms with E-state index in [2.05, 4.69) is 6.07 Å². The zero-order valence-corrected chi connectivity index (χ0v) is 15.2. The molecular weight excluding hydrogens is 328 g/mol. The van der Waals surface area contributed by atoms with Gasteiger partial charge in [-0.05, 0) is 43.4 Å². The number of hydrogen-bond acceptors (Lipinski definition) is 4. The standard InChI is InChI=1S/C21H26N2O3/c22-11-17-6-3-7-18(10-17)20(24)23-14-21(15-23)19(8-9-26-21)13-25-12-16-4-1-2-5-16/h3,6-7,10,16,19H,1-2,4-5,8-9,12-15H2/t19-/m0/s1. The summed E-state index contributed by atoms with van der Waals surface area (Å²) in [6.07, 6.45) is 6.30. The van der Waals surface area contributed by atoms with E-state index >= 15 is 0 Å². The molecule has 1 amide bonds. The summed E-state index contributed by atoms with van der Waals surface area (Å²) in [5, 5.41) is 9.01. The van der Waals surface area contributed by atoms with Crippen LogP contribution in [0.2, 0.25) is 0 Å². The van der Waals surface area contributed by atoms with Gasteiger partial charge < -0.3 is 14.4 Å². The molecule has 1 aliphatic carbocycles. The molecule has 1 saturated carbocycles. The molecule has 0 unspecified atom stereocenters. The number of carbonyl (C=O) groups excluding carboxylic acids is 1. The fourth-order valence-electron chi connectivity index (χ4n) is 4.57. The van der Waals surface area contributed by atoms with Crippen LogP contribution in [0.3, 0.4) is 0 Å². The zero-order chi connectivity index (χ0) is 18.0. The molecule has 0 N–H and O–H groups in total. The third-order valence-corrected chi connectivity index (χ3v) is 6.19. The Bertz CT molecular complexity index is 699. The highest BCUT2D eigenvalue weighted by Gasteiger charge is 2.54. The highest BCUT2D eigenvalue weighted by Crippen LogP contribution is 2.41. The molecule has 138 valence electrons. The lowest BCUT2D eigenvalue weighted by Gasteiger charge is -2.50. The summed E-state index contributed by atoms with van der Waals surface area (Å²) in [4.78, 5) is 14.5. The zero-order valence-electron chi connectivity index (χ0n) is 15.2. The van der Waals surface area contributed by atoms with Crippen molar-refractivity contribution < 1.29 is 14.3 Å². The van der Waals surface area contributed by atoms with Crippen LogP contribution in [0.5, 0.6) is 0 Å². The molecule has 0 bridgehead atoms. The van der Waals surface area contributed by atoms with Crippen molar-refractivity contribution in [1.29, 1.82) is 5.26 Å². The fourth-order valence-corrected chi connectivity index (χ4v) is 4.57. The van der Waals surface area contributed by atoms with Crippen LogP contribution in [0.4, 0.5) is 0 Å². The number of likely N-dealkylation sites (tertiary alicyclic amines) is 1. The Morgan fingerprint density at radius 1 is 1.27 bits per heavy atom. The average Bonchev–Trinajstić information content (AvgIpc) is 3.30. The Balaban J connectivity index is 1.31. The predicted octanol–water partition coefficient (Wildman–Crippen LogP) is 3.00. The van der Waals surface area contributed by atoms with Crippen molar-refractivity contribution in [2.24, 2.45) is 11.8 Å². The van der Waals surface area contributed by atoms with Gasteiger partial charge in [0.05, 0.1) is 31.3 Å². The summed E-state index contributed by atoms with van der Waals surface area (Å²) in [6, 6.07) is 8.99. The van der Waals surface area contributed by atoms with Gasteiger partial charge in [0.15, 0.2) is 0 Å². The molecule has 0 aromatic heterocycles. The van der Waals surface area contributed by atoms with E-state index in [4.69, 9.17) is 14.7 Å². The summed E-state index contributed by atoms with van der Waals surface area (Å²) in [5.41, 5.74) is 0.866. The van der Waals surface area contributed by atoms with Gasteiger partial charge in [0, 0.05) is 24.7 Å². The summed E-state index contributed by atoms with van der Waals surface area (Å²) in [5.74, 6) is 1.09. The number of benzene rings is 1. The van der Waals surface area contributed by atoms with Gasteiger partial charge in [-0.25, -0.2) is 0 Å². The number of hydrogen-bond donors (Lipinski definition) is 0. The van der Waals surface area contributed by atoms with Gasteiger partial charge in [0.2, 0.25) is 0 Å². The first-order chi connectivity index (χ1) is 12.7. The number of rotatable bonds is 5. The van der Waals surface area contributed by atoms with E-state index in [0.29, 0.717) is 30.1 Å². The molecule has 3 fully saturated rings. The molecule has 0 radical (unpaired) electrons. The second kappa shape index (κ2) is 7.38. The van der Waals surface area contributed by atoms with Crippen LogP contribution >= 0.6 is 0 Å². The first kappa shape index (κ1) is 17.5. The Morgan fingerprint density at radius 3 is 2.85 bits per heavy atom. The normalized spacial score (nSPS) is 24.6. The highest BCUT2D eigenvalue weighted by atomic mass is 16.5. The molecule has 3 aliphatic rings. The van der Waals surface area contributed by atoms with Gasteiger partial charge in [0.25, 0.3) is 5.91 Å². The van der Waals surface area contributed by atoms with Gasteiger partial charge in [-0.1, -0.05) is 18.9 Å². The van der Waals surface area contributed by atoms with Crippen LogP contribution in [0.1, 0.15) is 48.0 Å². The molecule has 5 heteroatoms. The maximum Gasteiger partial charge on any atom is 0.254 e. The summed E-state index contributed by atoms with van der Waals surface area (Å²) in [6.45, 7) is 3.61. The van der Waals surface area contributed by atoms with Crippen molar-refractivity contribution in [2.45, 2.75) is 37.7 Å². The van der Waals surface area contributed by atoms with E-state index in [1.165, 1.54) is 25.7 Å². The lowest BCUT2D eigenvalue weighted by molar-refractivity contribution is -0.129. The average molecular weight is 354 g/mol. The Hall–Kier alpha value is -1.90. The van der Waals surface area contributed by atoms with Crippen molar-refractivity contribution in [3.05, 3.63) is 35.4 Å². The lowest BCUT2D eigenvalue weighted by Crippen LogP contribution is -2.66. The second-order valence-corrected chi connectivity index (χ2v) is 7.94. The third-order valence-electron chi connectivity index (χ3n) is 6.19. The maximum absolute atomic E-state index is 12.7. The molecule has 26 heavy (non-hydrogen) atoms. The summed E-state index contributed by atoms with van der Waals surface area (Å²) >= 11 is 0. The third kappa shape index (κ3) is 3.36. The smallest absolute Gasteiger partial charge is 0.254 e. The minimum atomic E-state index is -0.224. The molecule has 5 nitrogen and oxygen atoms in total. The van der Waals surface area contributed by atoms with E-state index in [-0.39, 0.29) is 11.5 Å². The van der Waals surface area contributed by atoms with E-state index in [9.17, 15) is 4.79 Å². The molecule has 1 spiro atoms. The van der Waals surface area contributed by atoms with E-state index < -0.39 is 0 Å². The van der Waals surface area contributed by atoms with Crippen LogP contribution in [0.15, 0.2) is 24.3 Å². The van der Waals surface area contributed by atoms with Gasteiger partial charge in [0.1, 0.15) is 5.60 Å². The van der Waals surface area contributed by atoms with Crippen molar-refractivity contribution in [3.8, 4) is 6.07 Å². The number of carbonyl (C=O) groups is 1. The van der Waals surface area contributed by atoms with Crippen molar-refractivity contribution >= 4 is 5.91 Å². The quantitative estimate of drug-likeness (QED) is 0.815. The Labute approximate surface area is 154 Å². The largest absolute Gasteiger partial charge is 0.381 e. The van der Waals surface area contributed by atoms with E-state index in [1.807, 2.05) is 4.90 Å². The maximum atomic E-state index is 12.7. The minimum Gasteiger partial charge on any atom is -0.381 e. The monoisotopic (exact) mass is 354 g/mol. The number of nitrogens with zero attached hydrogens (tertiary/aromatic N) is 2. The van der Waals surface area contributed by atoms with Crippen LogP contribution in [-0.4, -0.2) is 49.3 Å². The van der Waals surface area contributed by atoms with Crippen LogP contribution in [0.25, 0.3) is 0 Å². The summed E-state index contributed by atoms with van der Waals surface area (Å²) in [7, 11) is 0. The minimum absolute atomic E-state index is 0.0196. The van der Waals surface area contributed by atoms with Gasteiger partial charge in [-0.2, -0.15) is 5.26 Å². The van der Waals surface area contributed by atoms with E-state index in [1.54, 1.807) is 24.3 Å². The highest BCUT2D eigenvalue weighted by molar-refractivity contribution is 5.95. The topological polar surface area (TPSA) is 62.6 Å². The molecule has 2 heterocycles. The molecule has 1 aromatic carbocycles. The van der Waals surface area contributed by atoms with Crippen molar-refractivity contribution in [1.82, 2.24) is 4.90 Å². The van der Waals surface area contributed by atoms with Crippen LogP contribution in [-0.2, 0) is 9.47 Å². The lowest BCUT2D eigenvalue weighted by atomic mass is 9.81. The Kier molecular flexibility index (Phi) is 4.97. The number of amides is 1. The number of ether oxygens (including phenoxy) is 2. The molecule has 2 aliphatic heterocycles. The first-order valence-electron chi connectivity index (χ1n) is 9.71. The molecule has 4 rings (SSSR count). The van der Waals surface area contributed by atoms with Crippen molar-refractivity contribution in [3.63, 3.8) is 0 Å². The Morgan fingerprint density at radius 2 is 2.08 bits per heavy atom. The van der Waals surface area contributed by atoms with Crippen LogP contribution in [0, 0.1) is 23.2 Å². The van der Waals surface area contributed by atoms with Gasteiger partial charge in [-0.3, -0.25) is 4.79 Å². The summed E-state index contributed by atoms with van der Waals surface area (Å²) < 4.78 is 12.1. The number of nitriles is 1. The molecular formula is C21H26N2O3. The SMILES string of the molecule is N#Cc1cccc(C(=O)N2CC3(C2)OCC[C@H]3COCC2CCCC2)c1. The molecule has 2 saturated heterocycles. The van der Waals surface area contributed by atoms with Crippen molar-refractivity contribution in [2.75, 3.05) is 32.9 Å². The molecule has 1 atom stereocenters. The van der Waals surface area contributed by atoms with Gasteiger partial charge in [-0.15, -0.1) is 0 Å². The first-order valence-corrected chi connectivity index (χ1v) is 9.71. The van der Waals surface area contributed by atoms with Gasteiger partial charge >= 0.3 is 0 Å².